The summed E-state index contributed by atoms with van der Waals surface area (Å²) in [5.74, 6) is 0.374. The summed E-state index contributed by atoms with van der Waals surface area (Å²) in [5.41, 5.74) is 1.79. The van der Waals surface area contributed by atoms with Crippen LogP contribution in [0.3, 0.4) is 0 Å². The van der Waals surface area contributed by atoms with Crippen molar-refractivity contribution in [2.75, 3.05) is 11.4 Å². The number of benzene rings is 2. The molecular weight excluding hydrogens is 440 g/mol. The summed E-state index contributed by atoms with van der Waals surface area (Å²) in [4.78, 5) is 30.4. The molecule has 2 amide bonds. The number of rotatable bonds is 5. The number of piperidine rings is 1. The first kappa shape index (κ1) is 24.5. The first-order chi connectivity index (χ1) is 16.7. The van der Waals surface area contributed by atoms with Crippen molar-refractivity contribution in [1.29, 1.82) is 0 Å². The lowest BCUT2D eigenvalue weighted by Gasteiger charge is -2.42. The average molecular weight is 475 g/mol. The van der Waals surface area contributed by atoms with Gasteiger partial charge in [-0.2, -0.15) is 5.10 Å². The number of anilines is 1. The van der Waals surface area contributed by atoms with E-state index in [4.69, 9.17) is 4.74 Å². The Balaban J connectivity index is 1.69. The molecule has 35 heavy (non-hydrogen) atoms. The Labute approximate surface area is 207 Å². The molecule has 1 aliphatic heterocycles. The quantitative estimate of drug-likeness (QED) is 0.499. The SMILES string of the molecule is CC(C1CCCCN1C(=O)OC(C)(C)C)N(C(=O)c1ccccc1)c1cc(-c2ccccc2)[nH]n1. The predicted molar refractivity (Wildman–Crippen MR) is 137 cm³/mol. The summed E-state index contributed by atoms with van der Waals surface area (Å²) in [7, 11) is 0. The van der Waals surface area contributed by atoms with E-state index in [1.54, 1.807) is 21.9 Å². The van der Waals surface area contributed by atoms with Gasteiger partial charge < -0.3 is 9.64 Å². The Morgan fingerprint density at radius 3 is 2.37 bits per heavy atom. The van der Waals surface area contributed by atoms with Crippen LogP contribution in [0.2, 0.25) is 0 Å². The van der Waals surface area contributed by atoms with Gasteiger partial charge in [-0.25, -0.2) is 4.79 Å². The van der Waals surface area contributed by atoms with Gasteiger partial charge in [0.25, 0.3) is 5.91 Å². The van der Waals surface area contributed by atoms with Crippen LogP contribution in [0.1, 0.15) is 57.3 Å². The predicted octanol–water partition coefficient (Wildman–Crippen LogP) is 5.90. The lowest BCUT2D eigenvalue weighted by Crippen LogP contribution is -2.56. The van der Waals surface area contributed by atoms with Gasteiger partial charge in [0.05, 0.1) is 17.8 Å². The second kappa shape index (κ2) is 10.3. The Morgan fingerprint density at radius 1 is 1.06 bits per heavy atom. The van der Waals surface area contributed by atoms with Crippen LogP contribution >= 0.6 is 0 Å². The lowest BCUT2D eigenvalue weighted by molar-refractivity contribution is 0.00684. The van der Waals surface area contributed by atoms with Gasteiger partial charge in [-0.3, -0.25) is 14.8 Å². The van der Waals surface area contributed by atoms with Crippen LogP contribution < -0.4 is 4.90 Å². The largest absolute Gasteiger partial charge is 0.444 e. The molecule has 2 atom stereocenters. The summed E-state index contributed by atoms with van der Waals surface area (Å²) in [6, 6.07) is 20.5. The Hall–Kier alpha value is -3.61. The van der Waals surface area contributed by atoms with E-state index in [9.17, 15) is 9.59 Å². The molecule has 0 saturated carbocycles. The molecule has 3 aromatic rings. The van der Waals surface area contributed by atoms with Gasteiger partial charge in [0.1, 0.15) is 5.60 Å². The van der Waals surface area contributed by atoms with Crippen LogP contribution in [0, 0.1) is 0 Å². The third-order valence-electron chi connectivity index (χ3n) is 6.28. The zero-order valence-electron chi connectivity index (χ0n) is 20.9. The van der Waals surface area contributed by atoms with Crippen molar-refractivity contribution in [2.45, 2.75) is 64.6 Å². The van der Waals surface area contributed by atoms with Crippen LogP contribution in [0.5, 0.6) is 0 Å². The minimum atomic E-state index is -0.589. The molecule has 1 saturated heterocycles. The highest BCUT2D eigenvalue weighted by Gasteiger charge is 2.39. The molecule has 1 N–H and O–H groups in total. The van der Waals surface area contributed by atoms with E-state index in [0.29, 0.717) is 17.9 Å². The zero-order chi connectivity index (χ0) is 25.0. The number of aromatic nitrogens is 2. The standard InChI is InChI=1S/C28H34N4O3/c1-20(24-17-11-12-18-31(24)27(34)35-28(2,3)4)32(26(33)22-15-9-6-10-16-22)25-19-23(29-30-25)21-13-7-5-8-14-21/h5-10,13-16,19-20,24H,11-12,17-18H2,1-4H3,(H,29,30). The van der Waals surface area contributed by atoms with Crippen molar-refractivity contribution in [3.63, 3.8) is 0 Å². The Morgan fingerprint density at radius 2 is 1.71 bits per heavy atom. The van der Waals surface area contributed by atoms with Crippen LogP contribution in [0.25, 0.3) is 11.3 Å². The minimum Gasteiger partial charge on any atom is -0.444 e. The Bertz CT molecular complexity index is 1140. The number of hydrogen-bond donors (Lipinski definition) is 1. The molecule has 0 bridgehead atoms. The maximum Gasteiger partial charge on any atom is 0.410 e. The highest BCUT2D eigenvalue weighted by Crippen LogP contribution is 2.30. The molecule has 2 unspecified atom stereocenters. The van der Waals surface area contributed by atoms with Crippen molar-refractivity contribution in [2.24, 2.45) is 0 Å². The van der Waals surface area contributed by atoms with Crippen molar-refractivity contribution in [3.8, 4) is 11.3 Å². The van der Waals surface area contributed by atoms with E-state index < -0.39 is 5.60 Å². The maximum absolute atomic E-state index is 13.8. The number of likely N-dealkylation sites (tertiary alicyclic amines) is 1. The lowest BCUT2D eigenvalue weighted by atomic mass is 9.95. The number of ether oxygens (including phenoxy) is 1. The molecule has 0 aliphatic carbocycles. The molecule has 0 radical (unpaired) electrons. The summed E-state index contributed by atoms with van der Waals surface area (Å²) < 4.78 is 5.71. The molecule has 4 rings (SSSR count). The van der Waals surface area contributed by atoms with Gasteiger partial charge in [0.2, 0.25) is 0 Å². The molecule has 0 spiro atoms. The number of nitrogens with zero attached hydrogens (tertiary/aromatic N) is 3. The number of nitrogens with one attached hydrogen (secondary N) is 1. The second-order valence-electron chi connectivity index (χ2n) is 10.0. The number of aromatic amines is 1. The van der Waals surface area contributed by atoms with Crippen molar-refractivity contribution in [1.82, 2.24) is 15.1 Å². The van der Waals surface area contributed by atoms with E-state index in [1.807, 2.05) is 82.3 Å². The summed E-state index contributed by atoms with van der Waals surface area (Å²) >= 11 is 0. The van der Waals surface area contributed by atoms with E-state index in [2.05, 4.69) is 10.2 Å². The van der Waals surface area contributed by atoms with E-state index in [0.717, 1.165) is 30.5 Å². The van der Waals surface area contributed by atoms with Gasteiger partial charge in [-0.1, -0.05) is 48.5 Å². The van der Waals surface area contributed by atoms with Crippen LogP contribution in [0.4, 0.5) is 10.6 Å². The van der Waals surface area contributed by atoms with Crippen molar-refractivity contribution in [3.05, 3.63) is 72.3 Å². The number of hydrogen-bond acceptors (Lipinski definition) is 4. The van der Waals surface area contributed by atoms with Crippen molar-refractivity contribution < 1.29 is 14.3 Å². The number of carbonyl (C=O) groups excluding carboxylic acids is 2. The highest BCUT2D eigenvalue weighted by atomic mass is 16.6. The van der Waals surface area contributed by atoms with E-state index in [-0.39, 0.29) is 24.1 Å². The molecule has 7 nitrogen and oxygen atoms in total. The summed E-state index contributed by atoms with van der Waals surface area (Å²) in [5, 5.41) is 7.61. The first-order valence-corrected chi connectivity index (χ1v) is 12.2. The minimum absolute atomic E-state index is 0.154. The van der Waals surface area contributed by atoms with Gasteiger partial charge in [0, 0.05) is 18.2 Å². The molecular formula is C28H34N4O3. The fourth-order valence-electron chi connectivity index (χ4n) is 4.60. The summed E-state index contributed by atoms with van der Waals surface area (Å²) in [6.45, 7) is 8.20. The Kier molecular flexibility index (Phi) is 7.24. The number of amides is 2. The zero-order valence-corrected chi connectivity index (χ0v) is 20.9. The normalized spacial score (nSPS) is 17.0. The van der Waals surface area contributed by atoms with Gasteiger partial charge in [-0.15, -0.1) is 0 Å². The molecule has 1 aromatic heterocycles. The average Bonchev–Trinajstić information content (AvgIpc) is 3.34. The number of carbonyl (C=O) groups is 2. The first-order valence-electron chi connectivity index (χ1n) is 12.2. The molecule has 1 fully saturated rings. The molecule has 7 heteroatoms. The van der Waals surface area contributed by atoms with Crippen LogP contribution in [-0.4, -0.2) is 51.3 Å². The second-order valence-corrected chi connectivity index (χ2v) is 10.0. The van der Waals surface area contributed by atoms with E-state index in [1.165, 1.54) is 0 Å². The smallest absolute Gasteiger partial charge is 0.410 e. The molecule has 184 valence electrons. The third kappa shape index (κ3) is 5.73. The van der Waals surface area contributed by atoms with Crippen molar-refractivity contribution >= 4 is 17.8 Å². The van der Waals surface area contributed by atoms with Gasteiger partial charge >= 0.3 is 6.09 Å². The number of H-pyrrole nitrogens is 1. The maximum atomic E-state index is 13.8. The van der Waals surface area contributed by atoms with Gasteiger partial charge in [-0.05, 0) is 64.7 Å². The third-order valence-corrected chi connectivity index (χ3v) is 6.28. The fraction of sp³-hybridized carbons (Fsp3) is 0.393. The van der Waals surface area contributed by atoms with Crippen LogP contribution in [0.15, 0.2) is 66.7 Å². The van der Waals surface area contributed by atoms with E-state index >= 15 is 0 Å². The molecule has 1 aliphatic rings. The topological polar surface area (TPSA) is 78.5 Å². The van der Waals surface area contributed by atoms with Crippen LogP contribution in [-0.2, 0) is 4.74 Å². The fourth-order valence-corrected chi connectivity index (χ4v) is 4.60. The summed E-state index contributed by atoms with van der Waals surface area (Å²) in [6.07, 6.45) is 2.34. The highest BCUT2D eigenvalue weighted by molar-refractivity contribution is 6.06. The van der Waals surface area contributed by atoms with Gasteiger partial charge in [0.15, 0.2) is 5.82 Å². The molecule has 2 heterocycles. The molecule has 2 aromatic carbocycles. The monoisotopic (exact) mass is 474 g/mol.